The first-order chi connectivity index (χ1) is 9.25. The highest BCUT2D eigenvalue weighted by Gasteiger charge is 2.21. The lowest BCUT2D eigenvalue weighted by Gasteiger charge is -2.24. The number of hydrogen-bond acceptors (Lipinski definition) is 3. The molecule has 1 heterocycles. The van der Waals surface area contributed by atoms with Gasteiger partial charge in [0.25, 0.3) is 0 Å². The van der Waals surface area contributed by atoms with Crippen molar-refractivity contribution in [2.75, 3.05) is 19.8 Å². The van der Waals surface area contributed by atoms with E-state index in [1.807, 2.05) is 25.1 Å². The second kappa shape index (κ2) is 8.95. The van der Waals surface area contributed by atoms with Crippen molar-refractivity contribution in [1.82, 2.24) is 10.6 Å². The first-order valence-corrected chi connectivity index (χ1v) is 6.91. The van der Waals surface area contributed by atoms with Gasteiger partial charge in [-0.1, -0.05) is 30.3 Å². The van der Waals surface area contributed by atoms with Crippen molar-refractivity contribution < 1.29 is 9.53 Å². The Bertz CT molecular complexity index is 394. The third kappa shape index (κ3) is 5.49. The van der Waals surface area contributed by atoms with Crippen LogP contribution >= 0.6 is 12.4 Å². The maximum Gasteiger partial charge on any atom is 0.239 e. The first kappa shape index (κ1) is 17.0. The van der Waals surface area contributed by atoms with Crippen LogP contribution < -0.4 is 10.6 Å². The highest BCUT2D eigenvalue weighted by atomic mass is 35.5. The van der Waals surface area contributed by atoms with Crippen molar-refractivity contribution in [2.24, 2.45) is 0 Å². The van der Waals surface area contributed by atoms with Crippen LogP contribution in [0.4, 0.5) is 0 Å². The molecule has 2 atom stereocenters. The number of carbonyl (C=O) groups is 1. The van der Waals surface area contributed by atoms with E-state index in [2.05, 4.69) is 22.8 Å². The highest BCUT2D eigenvalue weighted by molar-refractivity contribution is 5.85. The van der Waals surface area contributed by atoms with Crippen LogP contribution in [0, 0.1) is 0 Å². The minimum absolute atomic E-state index is 0. The number of rotatable bonds is 5. The lowest BCUT2D eigenvalue weighted by atomic mass is 10.1. The summed E-state index contributed by atoms with van der Waals surface area (Å²) < 4.78 is 5.29. The van der Waals surface area contributed by atoms with Crippen LogP contribution in [0.25, 0.3) is 0 Å². The minimum Gasteiger partial charge on any atom is -0.378 e. The SMILES string of the molecule is CC(CCc1ccccc1)NC(=O)C1COCCN1.Cl. The minimum atomic E-state index is -0.201. The molecule has 20 heavy (non-hydrogen) atoms. The average Bonchev–Trinajstić information content (AvgIpc) is 2.47. The van der Waals surface area contributed by atoms with Crippen LogP contribution in [-0.4, -0.2) is 37.7 Å². The molecular weight excluding hydrogens is 276 g/mol. The van der Waals surface area contributed by atoms with Crippen LogP contribution in [0.15, 0.2) is 30.3 Å². The number of ether oxygens (including phenoxy) is 1. The molecule has 0 bridgehead atoms. The van der Waals surface area contributed by atoms with Crippen molar-refractivity contribution in [3.05, 3.63) is 35.9 Å². The Morgan fingerprint density at radius 1 is 1.45 bits per heavy atom. The summed E-state index contributed by atoms with van der Waals surface area (Å²) in [7, 11) is 0. The number of halogens is 1. The largest absolute Gasteiger partial charge is 0.378 e. The maximum absolute atomic E-state index is 12.0. The van der Waals surface area contributed by atoms with Crippen molar-refractivity contribution in [1.29, 1.82) is 0 Å². The lowest BCUT2D eigenvalue weighted by Crippen LogP contribution is -2.52. The predicted octanol–water partition coefficient (Wildman–Crippen LogP) is 1.53. The molecule has 0 spiro atoms. The van der Waals surface area contributed by atoms with Gasteiger partial charge in [-0.2, -0.15) is 0 Å². The highest BCUT2D eigenvalue weighted by Crippen LogP contribution is 2.05. The van der Waals surface area contributed by atoms with Crippen LogP contribution in [0.1, 0.15) is 18.9 Å². The van der Waals surface area contributed by atoms with Crippen molar-refractivity contribution >= 4 is 18.3 Å². The molecule has 2 unspecified atom stereocenters. The molecule has 1 aliphatic heterocycles. The van der Waals surface area contributed by atoms with Crippen molar-refractivity contribution in [3.8, 4) is 0 Å². The standard InChI is InChI=1S/C15H22N2O2.ClH/c1-12(7-8-13-5-3-2-4-6-13)17-15(18)14-11-19-10-9-16-14;/h2-6,12,14,16H,7-11H2,1H3,(H,17,18);1H. The summed E-state index contributed by atoms with van der Waals surface area (Å²) in [5.74, 6) is 0.0419. The molecule has 1 aromatic carbocycles. The van der Waals surface area contributed by atoms with Gasteiger partial charge >= 0.3 is 0 Å². The van der Waals surface area contributed by atoms with Gasteiger partial charge in [0.2, 0.25) is 5.91 Å². The second-order valence-corrected chi connectivity index (χ2v) is 5.02. The summed E-state index contributed by atoms with van der Waals surface area (Å²) in [4.78, 5) is 12.0. The monoisotopic (exact) mass is 298 g/mol. The summed E-state index contributed by atoms with van der Waals surface area (Å²) >= 11 is 0. The average molecular weight is 299 g/mol. The fourth-order valence-corrected chi connectivity index (χ4v) is 2.18. The topological polar surface area (TPSA) is 50.4 Å². The molecule has 0 aromatic heterocycles. The van der Waals surface area contributed by atoms with Crippen molar-refractivity contribution in [3.63, 3.8) is 0 Å². The Morgan fingerprint density at radius 2 is 2.20 bits per heavy atom. The van der Waals surface area contributed by atoms with E-state index in [1.165, 1.54) is 5.56 Å². The van der Waals surface area contributed by atoms with E-state index in [0.29, 0.717) is 13.2 Å². The number of morpholine rings is 1. The molecule has 4 nitrogen and oxygen atoms in total. The molecule has 1 aromatic rings. The van der Waals surface area contributed by atoms with Gasteiger partial charge in [0.1, 0.15) is 6.04 Å². The Morgan fingerprint density at radius 3 is 2.85 bits per heavy atom. The Hall–Kier alpha value is -1.10. The summed E-state index contributed by atoms with van der Waals surface area (Å²) in [6.07, 6.45) is 1.93. The zero-order valence-corrected chi connectivity index (χ0v) is 12.6. The third-order valence-electron chi connectivity index (χ3n) is 3.34. The lowest BCUT2D eigenvalue weighted by molar-refractivity contribution is -0.126. The molecule has 1 amide bonds. The number of amides is 1. The first-order valence-electron chi connectivity index (χ1n) is 6.91. The summed E-state index contributed by atoms with van der Waals surface area (Å²) in [5, 5.41) is 6.20. The fourth-order valence-electron chi connectivity index (χ4n) is 2.18. The van der Waals surface area contributed by atoms with E-state index in [-0.39, 0.29) is 30.4 Å². The normalized spacial score (nSPS) is 19.8. The van der Waals surface area contributed by atoms with Gasteiger partial charge in [-0.05, 0) is 25.3 Å². The quantitative estimate of drug-likeness (QED) is 0.867. The smallest absolute Gasteiger partial charge is 0.239 e. The molecular formula is C15H23ClN2O2. The summed E-state index contributed by atoms with van der Waals surface area (Å²) in [5.41, 5.74) is 1.31. The molecule has 1 aliphatic rings. The molecule has 112 valence electrons. The van der Waals surface area contributed by atoms with E-state index in [4.69, 9.17) is 4.74 Å². The molecule has 2 rings (SSSR count). The predicted molar refractivity (Wildman–Crippen MR) is 82.2 cm³/mol. The number of hydrogen-bond donors (Lipinski definition) is 2. The molecule has 2 N–H and O–H groups in total. The van der Waals surface area contributed by atoms with Gasteiger partial charge in [0, 0.05) is 12.6 Å². The number of benzene rings is 1. The van der Waals surface area contributed by atoms with E-state index in [1.54, 1.807) is 0 Å². The van der Waals surface area contributed by atoms with Gasteiger partial charge < -0.3 is 15.4 Å². The summed E-state index contributed by atoms with van der Waals surface area (Å²) in [6.45, 7) is 3.95. The van der Waals surface area contributed by atoms with Crippen LogP contribution in [0.2, 0.25) is 0 Å². The zero-order chi connectivity index (χ0) is 13.5. The maximum atomic E-state index is 12.0. The number of aryl methyl sites for hydroxylation is 1. The van der Waals surface area contributed by atoms with Gasteiger partial charge in [0.05, 0.1) is 13.2 Å². The zero-order valence-electron chi connectivity index (χ0n) is 11.8. The van der Waals surface area contributed by atoms with Crippen molar-refractivity contribution in [2.45, 2.75) is 31.8 Å². The molecule has 0 aliphatic carbocycles. The molecule has 5 heteroatoms. The number of nitrogens with one attached hydrogen (secondary N) is 2. The van der Waals surface area contributed by atoms with Crippen LogP contribution in [0.5, 0.6) is 0 Å². The molecule has 0 radical (unpaired) electrons. The third-order valence-corrected chi connectivity index (χ3v) is 3.34. The number of carbonyl (C=O) groups excluding carboxylic acids is 1. The van der Waals surface area contributed by atoms with Gasteiger partial charge in [0.15, 0.2) is 0 Å². The van der Waals surface area contributed by atoms with Gasteiger partial charge in [-0.25, -0.2) is 0 Å². The molecule has 1 fully saturated rings. The Kier molecular flexibility index (Phi) is 7.59. The van der Waals surface area contributed by atoms with Gasteiger partial charge in [-0.3, -0.25) is 4.79 Å². The van der Waals surface area contributed by atoms with Crippen LogP contribution in [-0.2, 0) is 16.0 Å². The van der Waals surface area contributed by atoms with E-state index >= 15 is 0 Å². The fraction of sp³-hybridized carbons (Fsp3) is 0.533. The van der Waals surface area contributed by atoms with E-state index < -0.39 is 0 Å². The summed E-state index contributed by atoms with van der Waals surface area (Å²) in [6, 6.07) is 10.3. The second-order valence-electron chi connectivity index (χ2n) is 5.02. The molecule has 0 saturated carbocycles. The van der Waals surface area contributed by atoms with E-state index in [0.717, 1.165) is 19.4 Å². The molecule has 1 saturated heterocycles. The Labute approximate surface area is 126 Å². The van der Waals surface area contributed by atoms with E-state index in [9.17, 15) is 4.79 Å². The van der Waals surface area contributed by atoms with Crippen LogP contribution in [0.3, 0.4) is 0 Å². The van der Waals surface area contributed by atoms with Gasteiger partial charge in [-0.15, -0.1) is 12.4 Å². The Balaban J connectivity index is 0.00000200.